The molecule has 44 valence electrons. The Kier molecular flexibility index (Phi) is 6.92. The summed E-state index contributed by atoms with van der Waals surface area (Å²) in [5.74, 6) is 0. The van der Waals surface area contributed by atoms with Crippen molar-refractivity contribution in [3.63, 3.8) is 0 Å². The van der Waals surface area contributed by atoms with Gasteiger partial charge in [-0.1, -0.05) is 0 Å². The van der Waals surface area contributed by atoms with Crippen molar-refractivity contribution in [3.05, 3.63) is 0 Å². The molecule has 7 heavy (non-hydrogen) atoms. The second-order valence-electron chi connectivity index (χ2n) is 1.26. The van der Waals surface area contributed by atoms with Gasteiger partial charge in [0, 0.05) is 0 Å². The van der Waals surface area contributed by atoms with Gasteiger partial charge in [-0.2, -0.15) is 0 Å². The zero-order chi connectivity index (χ0) is 5.54. The molecule has 3 heteroatoms. The zero-order valence-corrected chi connectivity index (χ0v) is 6.45. The maximum atomic E-state index is 8.28. The van der Waals surface area contributed by atoms with E-state index >= 15 is 0 Å². The number of aliphatic hydroxyl groups is 1. The zero-order valence-electron chi connectivity index (χ0n) is 4.35. The molecule has 0 aromatic heterocycles. The molecule has 0 amide bonds. The molecule has 0 rings (SSSR count). The Morgan fingerprint density at radius 3 is 2.57 bits per heavy atom. The molecular weight excluding hydrogens is 153 g/mol. The van der Waals surface area contributed by atoms with Crippen molar-refractivity contribution in [2.24, 2.45) is 5.73 Å². The van der Waals surface area contributed by atoms with Gasteiger partial charge in [-0.3, -0.25) is 0 Å². The van der Waals surface area contributed by atoms with Crippen molar-refractivity contribution in [1.29, 1.82) is 0 Å². The molecule has 0 aromatic rings. The molecule has 0 spiro atoms. The van der Waals surface area contributed by atoms with Gasteiger partial charge in [0.25, 0.3) is 0 Å². The monoisotopic (exact) mass is 165 g/mol. The molecule has 0 saturated carbocycles. The first kappa shape index (κ1) is 7.48. The Morgan fingerprint density at radius 2 is 2.14 bits per heavy atom. The fourth-order valence-corrected chi connectivity index (χ4v) is 1.59. The molecule has 2 nitrogen and oxygen atoms in total. The summed E-state index contributed by atoms with van der Waals surface area (Å²) in [5.41, 5.74) is 5.22. The minimum atomic E-state index is 0.139. The van der Waals surface area contributed by atoms with Crippen LogP contribution in [0.15, 0.2) is 0 Å². The van der Waals surface area contributed by atoms with Crippen LogP contribution < -0.4 is 5.73 Å². The van der Waals surface area contributed by atoms with E-state index in [9.17, 15) is 0 Å². The summed E-state index contributed by atoms with van der Waals surface area (Å²) in [4.78, 5) is 0. The molecule has 0 aliphatic heterocycles. The van der Waals surface area contributed by atoms with Gasteiger partial charge in [-0.25, -0.2) is 0 Å². The molecule has 0 fully saturated rings. The molecular formula is C4H12AsNO. The van der Waals surface area contributed by atoms with Gasteiger partial charge in [0.15, 0.2) is 0 Å². The Labute approximate surface area is 50.8 Å². The Morgan fingerprint density at radius 1 is 1.43 bits per heavy atom. The number of hydrogen-bond donors (Lipinski definition) is 2. The van der Waals surface area contributed by atoms with Crippen LogP contribution in [0.25, 0.3) is 0 Å². The first-order valence-corrected chi connectivity index (χ1v) is 5.40. The van der Waals surface area contributed by atoms with Crippen LogP contribution in [-0.2, 0) is 0 Å². The topological polar surface area (TPSA) is 46.2 Å². The van der Waals surface area contributed by atoms with Crippen LogP contribution >= 0.6 is 0 Å². The fraction of sp³-hybridized carbons (Fsp3) is 1.00. The summed E-state index contributed by atoms with van der Waals surface area (Å²) >= 11 is 0.139. The van der Waals surface area contributed by atoms with Crippen molar-refractivity contribution in [3.8, 4) is 0 Å². The van der Waals surface area contributed by atoms with E-state index < -0.39 is 0 Å². The van der Waals surface area contributed by atoms with Crippen LogP contribution in [0.2, 0.25) is 10.4 Å². The standard InChI is InChI=1S/C4H12AsNO/c6-3-1-5-2-4-7/h5,7H,1-4,6H2. The first-order chi connectivity index (χ1) is 3.41. The predicted octanol–water partition coefficient (Wildman–Crippen LogP) is -0.789. The molecule has 0 heterocycles. The van der Waals surface area contributed by atoms with E-state index in [0.717, 1.165) is 11.8 Å². The number of nitrogens with two attached hydrogens (primary N) is 1. The molecule has 0 bridgehead atoms. The summed E-state index contributed by atoms with van der Waals surface area (Å²) in [7, 11) is 0. The van der Waals surface area contributed by atoms with Crippen LogP contribution in [-0.4, -0.2) is 34.0 Å². The maximum absolute atomic E-state index is 8.28. The van der Waals surface area contributed by atoms with Crippen LogP contribution in [0.5, 0.6) is 0 Å². The third-order valence-electron chi connectivity index (χ3n) is 0.610. The van der Waals surface area contributed by atoms with Crippen LogP contribution in [0.3, 0.4) is 0 Å². The Hall–Kier alpha value is 0.478. The third-order valence-corrected chi connectivity index (χ3v) is 3.17. The van der Waals surface area contributed by atoms with E-state index in [2.05, 4.69) is 0 Å². The second-order valence-corrected chi connectivity index (χ2v) is 4.41. The molecule has 0 aliphatic rings. The van der Waals surface area contributed by atoms with E-state index in [4.69, 9.17) is 10.8 Å². The molecule has 1 unspecified atom stereocenters. The van der Waals surface area contributed by atoms with E-state index in [0.29, 0.717) is 6.61 Å². The second kappa shape index (κ2) is 6.48. The van der Waals surface area contributed by atoms with Crippen LogP contribution in [0.4, 0.5) is 0 Å². The number of aliphatic hydroxyl groups excluding tert-OH is 1. The van der Waals surface area contributed by atoms with Crippen molar-refractivity contribution >= 4 is 15.8 Å². The Bertz CT molecular complexity index is 30.9. The predicted molar refractivity (Wildman–Crippen MR) is 32.9 cm³/mol. The van der Waals surface area contributed by atoms with Gasteiger partial charge in [-0.15, -0.1) is 0 Å². The van der Waals surface area contributed by atoms with E-state index in [1.165, 1.54) is 5.21 Å². The quantitative estimate of drug-likeness (QED) is 0.423. The summed E-state index contributed by atoms with van der Waals surface area (Å²) in [6.45, 7) is 1.17. The summed E-state index contributed by atoms with van der Waals surface area (Å²) in [6.07, 6.45) is 0. The SMILES string of the molecule is NCC[AsH]CCO. The van der Waals surface area contributed by atoms with Gasteiger partial charge in [0.1, 0.15) is 0 Å². The average molecular weight is 165 g/mol. The third kappa shape index (κ3) is 6.48. The fourth-order valence-electron chi connectivity index (χ4n) is 0.306. The van der Waals surface area contributed by atoms with Gasteiger partial charge < -0.3 is 0 Å². The number of hydrogen-bond acceptors (Lipinski definition) is 2. The van der Waals surface area contributed by atoms with E-state index in [-0.39, 0.29) is 15.8 Å². The Balaban J connectivity index is 2.45. The molecule has 0 radical (unpaired) electrons. The van der Waals surface area contributed by atoms with Crippen LogP contribution in [0, 0.1) is 0 Å². The molecule has 1 atom stereocenters. The van der Waals surface area contributed by atoms with Crippen molar-refractivity contribution in [1.82, 2.24) is 0 Å². The van der Waals surface area contributed by atoms with Gasteiger partial charge >= 0.3 is 50.2 Å². The van der Waals surface area contributed by atoms with E-state index in [1.54, 1.807) is 0 Å². The van der Waals surface area contributed by atoms with Gasteiger partial charge in [0.2, 0.25) is 0 Å². The first-order valence-electron chi connectivity index (χ1n) is 2.43. The average Bonchev–Trinajstić information content (AvgIpc) is 1.69. The minimum absolute atomic E-state index is 0.139. The molecule has 0 saturated heterocycles. The van der Waals surface area contributed by atoms with Crippen molar-refractivity contribution in [2.45, 2.75) is 10.4 Å². The molecule has 0 aliphatic carbocycles. The summed E-state index contributed by atoms with van der Waals surface area (Å²) < 4.78 is 0. The van der Waals surface area contributed by atoms with E-state index in [1.807, 2.05) is 0 Å². The van der Waals surface area contributed by atoms with Crippen molar-refractivity contribution < 1.29 is 5.11 Å². The normalized spacial score (nSPS) is 11.1. The van der Waals surface area contributed by atoms with Gasteiger partial charge in [-0.05, 0) is 0 Å². The van der Waals surface area contributed by atoms with Crippen LogP contribution in [0.1, 0.15) is 0 Å². The summed E-state index contributed by atoms with van der Waals surface area (Å²) in [6, 6.07) is 0. The molecule has 0 aromatic carbocycles. The summed E-state index contributed by atoms with van der Waals surface area (Å²) in [5, 5.41) is 10.5. The molecule has 3 N–H and O–H groups in total. The van der Waals surface area contributed by atoms with Gasteiger partial charge in [0.05, 0.1) is 0 Å². The number of rotatable bonds is 4. The van der Waals surface area contributed by atoms with Crippen molar-refractivity contribution in [2.75, 3.05) is 13.2 Å².